The zero-order chi connectivity index (χ0) is 20.7. The van der Waals surface area contributed by atoms with Gasteiger partial charge in [-0.05, 0) is 23.8 Å². The molecule has 4 nitrogen and oxygen atoms in total. The number of nitrogens with one attached hydrogen (secondary N) is 1. The van der Waals surface area contributed by atoms with E-state index in [4.69, 9.17) is 0 Å². The molecule has 0 aromatic heterocycles. The summed E-state index contributed by atoms with van der Waals surface area (Å²) in [4.78, 5) is 16.5. The minimum Gasteiger partial charge on any atom is -0.325 e. The van der Waals surface area contributed by atoms with Gasteiger partial charge in [0, 0.05) is 38.4 Å². The monoisotopic (exact) mass is 403 g/mol. The van der Waals surface area contributed by atoms with Crippen LogP contribution >= 0.6 is 0 Å². The molecule has 0 aliphatic carbocycles. The van der Waals surface area contributed by atoms with E-state index < -0.39 is 11.7 Å². The molecule has 0 atom stereocenters. The highest BCUT2D eigenvalue weighted by atomic mass is 19.4. The Bertz CT molecular complexity index is 829. The topological polar surface area (TPSA) is 35.6 Å². The van der Waals surface area contributed by atoms with Gasteiger partial charge in [0.2, 0.25) is 5.91 Å². The number of hydrogen-bond donors (Lipinski definition) is 1. The number of amides is 1. The largest absolute Gasteiger partial charge is 0.416 e. The van der Waals surface area contributed by atoms with Gasteiger partial charge in [0.25, 0.3) is 0 Å². The first-order chi connectivity index (χ1) is 13.9. The zero-order valence-electron chi connectivity index (χ0n) is 16.0. The molecule has 1 amide bonds. The molecule has 29 heavy (non-hydrogen) atoms. The van der Waals surface area contributed by atoms with E-state index in [2.05, 4.69) is 34.5 Å². The molecule has 0 saturated carbocycles. The number of alkyl halides is 3. The number of rotatable bonds is 6. The number of anilines is 1. The molecular weight excluding hydrogens is 379 g/mol. The number of benzene rings is 2. The van der Waals surface area contributed by atoms with Gasteiger partial charge < -0.3 is 5.32 Å². The van der Waals surface area contributed by atoms with E-state index in [0.29, 0.717) is 0 Å². The Morgan fingerprint density at radius 3 is 2.34 bits per heavy atom. The van der Waals surface area contributed by atoms with Crippen molar-refractivity contribution in [3.05, 3.63) is 71.8 Å². The van der Waals surface area contributed by atoms with Gasteiger partial charge in [-0.3, -0.25) is 14.6 Å². The van der Waals surface area contributed by atoms with E-state index in [1.165, 1.54) is 12.1 Å². The van der Waals surface area contributed by atoms with Crippen LogP contribution in [0.5, 0.6) is 0 Å². The van der Waals surface area contributed by atoms with Crippen molar-refractivity contribution >= 4 is 17.7 Å². The normalized spacial score (nSPS) is 16.2. The molecule has 1 N–H and O–H groups in total. The lowest BCUT2D eigenvalue weighted by Crippen LogP contribution is -2.48. The van der Waals surface area contributed by atoms with Crippen molar-refractivity contribution in [2.75, 3.05) is 44.6 Å². The van der Waals surface area contributed by atoms with Gasteiger partial charge in [-0.25, -0.2) is 0 Å². The molecule has 2 aromatic rings. The third-order valence-electron chi connectivity index (χ3n) is 4.78. The third-order valence-corrected chi connectivity index (χ3v) is 4.78. The highest BCUT2D eigenvalue weighted by molar-refractivity contribution is 5.92. The predicted molar refractivity (Wildman–Crippen MR) is 108 cm³/mol. The molecule has 154 valence electrons. The Morgan fingerprint density at radius 1 is 0.966 bits per heavy atom. The molecule has 1 fully saturated rings. The molecule has 1 aliphatic rings. The van der Waals surface area contributed by atoms with Crippen LogP contribution in [0.4, 0.5) is 18.9 Å². The van der Waals surface area contributed by atoms with Crippen LogP contribution in [0.25, 0.3) is 6.08 Å². The van der Waals surface area contributed by atoms with Gasteiger partial charge in [0.15, 0.2) is 0 Å². The standard InChI is InChI=1S/C22H24F3N3O/c23-22(24,25)19-9-4-10-20(16-19)26-21(29)17-28-14-12-27(13-15-28)11-5-8-18-6-2-1-3-7-18/h1-10,16H,11-15,17H2,(H,26,29). The van der Waals surface area contributed by atoms with E-state index in [0.717, 1.165) is 50.4 Å². The molecule has 0 radical (unpaired) electrons. The van der Waals surface area contributed by atoms with Gasteiger partial charge in [0.1, 0.15) is 0 Å². The second-order valence-corrected chi connectivity index (χ2v) is 7.02. The van der Waals surface area contributed by atoms with Gasteiger partial charge in [0.05, 0.1) is 12.1 Å². The molecule has 0 bridgehead atoms. The summed E-state index contributed by atoms with van der Waals surface area (Å²) in [6, 6.07) is 14.8. The van der Waals surface area contributed by atoms with Crippen molar-refractivity contribution in [3.8, 4) is 0 Å². The summed E-state index contributed by atoms with van der Waals surface area (Å²) in [6.45, 7) is 4.19. The zero-order valence-corrected chi connectivity index (χ0v) is 16.0. The molecule has 0 spiro atoms. The van der Waals surface area contributed by atoms with E-state index in [9.17, 15) is 18.0 Å². The molecule has 3 rings (SSSR count). The number of halogens is 3. The summed E-state index contributed by atoms with van der Waals surface area (Å²) in [5.74, 6) is -0.304. The maximum absolute atomic E-state index is 12.8. The van der Waals surface area contributed by atoms with E-state index in [1.807, 2.05) is 23.1 Å². The fourth-order valence-electron chi connectivity index (χ4n) is 3.21. The summed E-state index contributed by atoms with van der Waals surface area (Å²) in [7, 11) is 0. The first-order valence-corrected chi connectivity index (χ1v) is 9.53. The third kappa shape index (κ3) is 6.73. The second kappa shape index (κ2) is 9.71. The van der Waals surface area contributed by atoms with Crippen LogP contribution in [0.15, 0.2) is 60.7 Å². The van der Waals surface area contributed by atoms with E-state index in [1.54, 1.807) is 0 Å². The molecule has 1 heterocycles. The summed E-state index contributed by atoms with van der Waals surface area (Å²) in [5, 5.41) is 2.56. The van der Waals surface area contributed by atoms with Gasteiger partial charge in [-0.1, -0.05) is 48.6 Å². The van der Waals surface area contributed by atoms with Crippen molar-refractivity contribution in [2.45, 2.75) is 6.18 Å². The molecule has 1 aliphatic heterocycles. The molecule has 7 heteroatoms. The smallest absolute Gasteiger partial charge is 0.325 e. The molecule has 1 saturated heterocycles. The van der Waals surface area contributed by atoms with Crippen molar-refractivity contribution < 1.29 is 18.0 Å². The summed E-state index contributed by atoms with van der Waals surface area (Å²) >= 11 is 0. The second-order valence-electron chi connectivity index (χ2n) is 7.02. The van der Waals surface area contributed by atoms with Crippen LogP contribution in [0.2, 0.25) is 0 Å². The van der Waals surface area contributed by atoms with Crippen molar-refractivity contribution in [1.29, 1.82) is 0 Å². The van der Waals surface area contributed by atoms with E-state index >= 15 is 0 Å². The summed E-state index contributed by atoms with van der Waals surface area (Å²) in [5.41, 5.74) is 0.555. The van der Waals surface area contributed by atoms with Crippen molar-refractivity contribution in [2.24, 2.45) is 0 Å². The predicted octanol–water partition coefficient (Wildman–Crippen LogP) is 3.97. The number of hydrogen-bond acceptors (Lipinski definition) is 3. The van der Waals surface area contributed by atoms with Crippen LogP contribution < -0.4 is 5.32 Å². The van der Waals surface area contributed by atoms with Crippen LogP contribution in [0, 0.1) is 0 Å². The quantitative estimate of drug-likeness (QED) is 0.793. The molecule has 2 aromatic carbocycles. The first-order valence-electron chi connectivity index (χ1n) is 9.53. The number of carbonyl (C=O) groups excluding carboxylic acids is 1. The maximum Gasteiger partial charge on any atom is 0.416 e. The Morgan fingerprint density at radius 2 is 1.66 bits per heavy atom. The van der Waals surface area contributed by atoms with Gasteiger partial charge in [-0.15, -0.1) is 0 Å². The van der Waals surface area contributed by atoms with Crippen molar-refractivity contribution in [3.63, 3.8) is 0 Å². The Kier molecular flexibility index (Phi) is 7.06. The van der Waals surface area contributed by atoms with Crippen LogP contribution in [0.1, 0.15) is 11.1 Å². The lowest BCUT2D eigenvalue weighted by atomic mass is 10.2. The van der Waals surface area contributed by atoms with Crippen LogP contribution in [0.3, 0.4) is 0 Å². The van der Waals surface area contributed by atoms with E-state index in [-0.39, 0.29) is 18.1 Å². The van der Waals surface area contributed by atoms with Crippen LogP contribution in [-0.2, 0) is 11.0 Å². The van der Waals surface area contributed by atoms with Crippen LogP contribution in [-0.4, -0.2) is 55.0 Å². The SMILES string of the molecule is O=C(CN1CCN(CC=Cc2ccccc2)CC1)Nc1cccc(C(F)(F)F)c1. The number of carbonyl (C=O) groups is 1. The fraction of sp³-hybridized carbons (Fsp3) is 0.318. The minimum absolute atomic E-state index is 0.162. The van der Waals surface area contributed by atoms with Crippen molar-refractivity contribution in [1.82, 2.24) is 9.80 Å². The summed E-state index contributed by atoms with van der Waals surface area (Å²) in [6.07, 6.45) is -0.202. The lowest BCUT2D eigenvalue weighted by molar-refractivity contribution is -0.137. The highest BCUT2D eigenvalue weighted by Crippen LogP contribution is 2.30. The fourth-order valence-corrected chi connectivity index (χ4v) is 3.21. The van der Waals surface area contributed by atoms with Gasteiger partial charge >= 0.3 is 6.18 Å². The Balaban J connectivity index is 1.41. The highest BCUT2D eigenvalue weighted by Gasteiger charge is 2.30. The lowest BCUT2D eigenvalue weighted by Gasteiger charge is -2.33. The minimum atomic E-state index is -4.42. The Labute approximate surface area is 168 Å². The first kappa shape index (κ1) is 21.1. The number of nitrogens with zero attached hydrogens (tertiary/aromatic N) is 2. The summed E-state index contributed by atoms with van der Waals surface area (Å²) < 4.78 is 38.3. The Hall–Kier alpha value is -2.64. The molecular formula is C22H24F3N3O. The maximum atomic E-state index is 12.8. The van der Waals surface area contributed by atoms with Gasteiger partial charge in [-0.2, -0.15) is 13.2 Å². The average molecular weight is 403 g/mol. The molecule has 0 unspecified atom stereocenters. The average Bonchev–Trinajstić information content (AvgIpc) is 2.70. The number of piperazine rings is 1.